The minimum atomic E-state index is -0.989. The van der Waals surface area contributed by atoms with Gasteiger partial charge in [0.15, 0.2) is 0 Å². The maximum Gasteiger partial charge on any atom is 0.347 e. The Hall–Kier alpha value is -1.93. The van der Waals surface area contributed by atoms with Gasteiger partial charge in [0.25, 0.3) is 0 Å². The molecule has 0 radical (unpaired) electrons. The van der Waals surface area contributed by atoms with Crippen molar-refractivity contribution in [3.63, 3.8) is 0 Å². The van der Waals surface area contributed by atoms with Crippen LogP contribution in [0.4, 0.5) is 4.79 Å². The summed E-state index contributed by atoms with van der Waals surface area (Å²) in [5.74, 6) is -0.989. The maximum absolute atomic E-state index is 11.9. The fraction of sp³-hybridized carbons (Fsp3) is 0.308. The van der Waals surface area contributed by atoms with Crippen LogP contribution in [0.15, 0.2) is 17.5 Å². The monoisotopic (exact) mass is 325 g/mol. The van der Waals surface area contributed by atoms with E-state index < -0.39 is 5.97 Å². The molecule has 21 heavy (non-hydrogen) atoms. The van der Waals surface area contributed by atoms with E-state index in [1.807, 2.05) is 17.5 Å². The lowest BCUT2D eigenvalue weighted by molar-refractivity contribution is 0.0701. The number of carboxylic acid groups (broad SMARTS) is 1. The molecule has 0 bridgehead atoms. The second-order valence-corrected chi connectivity index (χ2v) is 6.54. The van der Waals surface area contributed by atoms with Crippen LogP contribution in [-0.2, 0) is 13.1 Å². The first-order chi connectivity index (χ1) is 9.97. The second-order valence-electron chi connectivity index (χ2n) is 4.42. The van der Waals surface area contributed by atoms with E-state index >= 15 is 0 Å². The first-order valence-electron chi connectivity index (χ1n) is 6.18. The second kappa shape index (κ2) is 6.68. The third-order valence-corrected chi connectivity index (χ3v) is 4.75. The number of aromatic nitrogens is 1. The SMILES string of the molecule is Cc1nc(CNC(=O)N(C)Cc2cccs2)sc1C(=O)O. The van der Waals surface area contributed by atoms with Crippen LogP contribution in [0.1, 0.15) is 25.3 Å². The van der Waals surface area contributed by atoms with Gasteiger partial charge in [0, 0.05) is 11.9 Å². The zero-order chi connectivity index (χ0) is 15.4. The highest BCUT2D eigenvalue weighted by atomic mass is 32.1. The molecule has 0 aromatic carbocycles. The summed E-state index contributed by atoms with van der Waals surface area (Å²) in [6, 6.07) is 3.70. The molecule has 0 spiro atoms. The lowest BCUT2D eigenvalue weighted by Crippen LogP contribution is -2.36. The van der Waals surface area contributed by atoms with Crippen molar-refractivity contribution in [2.75, 3.05) is 7.05 Å². The Kier molecular flexibility index (Phi) is 4.92. The van der Waals surface area contributed by atoms with Gasteiger partial charge in [0.1, 0.15) is 9.88 Å². The zero-order valence-corrected chi connectivity index (χ0v) is 13.3. The van der Waals surface area contributed by atoms with Crippen molar-refractivity contribution in [3.8, 4) is 0 Å². The van der Waals surface area contributed by atoms with Crippen molar-refractivity contribution in [2.24, 2.45) is 0 Å². The van der Waals surface area contributed by atoms with Crippen molar-refractivity contribution < 1.29 is 14.7 Å². The first-order valence-corrected chi connectivity index (χ1v) is 7.88. The van der Waals surface area contributed by atoms with Gasteiger partial charge in [-0.25, -0.2) is 14.6 Å². The number of aryl methyl sites for hydroxylation is 1. The van der Waals surface area contributed by atoms with E-state index in [1.165, 1.54) is 0 Å². The fourth-order valence-corrected chi connectivity index (χ4v) is 3.32. The van der Waals surface area contributed by atoms with Gasteiger partial charge in [0.2, 0.25) is 0 Å². The normalized spacial score (nSPS) is 10.4. The average molecular weight is 325 g/mol. The predicted octanol–water partition coefficient (Wildman–Crippen LogP) is 2.55. The summed E-state index contributed by atoms with van der Waals surface area (Å²) < 4.78 is 0. The molecule has 2 heterocycles. The quantitative estimate of drug-likeness (QED) is 0.885. The van der Waals surface area contributed by atoms with Crippen LogP contribution in [0.2, 0.25) is 0 Å². The summed E-state index contributed by atoms with van der Waals surface area (Å²) >= 11 is 2.68. The third kappa shape index (κ3) is 4.02. The van der Waals surface area contributed by atoms with Gasteiger partial charge >= 0.3 is 12.0 Å². The number of carbonyl (C=O) groups is 2. The number of hydrogen-bond donors (Lipinski definition) is 2. The highest BCUT2D eigenvalue weighted by Crippen LogP contribution is 2.18. The molecule has 0 aliphatic carbocycles. The molecule has 0 aliphatic heterocycles. The zero-order valence-electron chi connectivity index (χ0n) is 11.6. The first kappa shape index (κ1) is 15.5. The number of amides is 2. The highest BCUT2D eigenvalue weighted by Gasteiger charge is 2.15. The largest absolute Gasteiger partial charge is 0.477 e. The lowest BCUT2D eigenvalue weighted by atomic mass is 10.4. The minimum absolute atomic E-state index is 0.214. The van der Waals surface area contributed by atoms with E-state index in [0.717, 1.165) is 16.2 Å². The molecule has 2 aromatic heterocycles. The summed E-state index contributed by atoms with van der Waals surface area (Å²) in [5.41, 5.74) is 0.476. The van der Waals surface area contributed by atoms with E-state index in [2.05, 4.69) is 10.3 Å². The molecule has 8 heteroatoms. The number of rotatable bonds is 5. The van der Waals surface area contributed by atoms with Crippen LogP contribution in [-0.4, -0.2) is 34.0 Å². The third-order valence-electron chi connectivity index (χ3n) is 2.75. The van der Waals surface area contributed by atoms with Gasteiger partial charge in [0.05, 0.1) is 18.8 Å². The van der Waals surface area contributed by atoms with Crippen molar-refractivity contribution in [1.82, 2.24) is 15.2 Å². The molecule has 0 fully saturated rings. The highest BCUT2D eigenvalue weighted by molar-refractivity contribution is 7.13. The Labute approximate surface area is 130 Å². The van der Waals surface area contributed by atoms with Crippen LogP contribution < -0.4 is 5.32 Å². The molecule has 0 unspecified atom stereocenters. The molecule has 2 amide bonds. The van der Waals surface area contributed by atoms with Crippen molar-refractivity contribution in [3.05, 3.63) is 38.0 Å². The summed E-state index contributed by atoms with van der Waals surface area (Å²) in [5, 5.41) is 14.3. The number of hydrogen-bond acceptors (Lipinski definition) is 5. The van der Waals surface area contributed by atoms with Crippen LogP contribution in [0, 0.1) is 6.92 Å². The fourth-order valence-electron chi connectivity index (χ4n) is 1.72. The standard InChI is InChI=1S/C13H15N3O3S2/c1-8-11(12(17)18)21-10(15-8)6-14-13(19)16(2)7-9-4-3-5-20-9/h3-5H,6-7H2,1-2H3,(H,14,19)(H,17,18). The van der Waals surface area contributed by atoms with Gasteiger partial charge in [-0.05, 0) is 18.4 Å². The number of urea groups is 1. The Morgan fingerprint density at radius 2 is 2.24 bits per heavy atom. The predicted molar refractivity (Wildman–Crippen MR) is 81.8 cm³/mol. The molecule has 0 aliphatic rings. The molecule has 2 aromatic rings. The number of carbonyl (C=O) groups excluding carboxylic acids is 1. The molecule has 0 atom stereocenters. The summed E-state index contributed by atoms with van der Waals surface area (Å²) in [6.07, 6.45) is 0. The number of thiophene rings is 1. The molecule has 112 valence electrons. The van der Waals surface area contributed by atoms with Crippen LogP contribution >= 0.6 is 22.7 Å². The Morgan fingerprint density at radius 1 is 1.48 bits per heavy atom. The van der Waals surface area contributed by atoms with Gasteiger partial charge in [-0.2, -0.15) is 0 Å². The molecular weight excluding hydrogens is 310 g/mol. The summed E-state index contributed by atoms with van der Waals surface area (Å²) in [7, 11) is 1.71. The smallest absolute Gasteiger partial charge is 0.347 e. The van der Waals surface area contributed by atoms with E-state index in [1.54, 1.807) is 30.2 Å². The number of nitrogens with zero attached hydrogens (tertiary/aromatic N) is 2. The van der Waals surface area contributed by atoms with Crippen LogP contribution in [0.5, 0.6) is 0 Å². The minimum Gasteiger partial charge on any atom is -0.477 e. The number of thiazole rings is 1. The van der Waals surface area contributed by atoms with Gasteiger partial charge in [-0.15, -0.1) is 22.7 Å². The van der Waals surface area contributed by atoms with Crippen LogP contribution in [0.25, 0.3) is 0 Å². The van der Waals surface area contributed by atoms with Crippen molar-refractivity contribution in [2.45, 2.75) is 20.0 Å². The summed E-state index contributed by atoms with van der Waals surface area (Å²) in [4.78, 5) is 29.9. The molecular formula is C13H15N3O3S2. The van der Waals surface area contributed by atoms with E-state index in [0.29, 0.717) is 17.2 Å². The van der Waals surface area contributed by atoms with E-state index in [4.69, 9.17) is 5.11 Å². The maximum atomic E-state index is 11.9. The van der Waals surface area contributed by atoms with Crippen molar-refractivity contribution >= 4 is 34.7 Å². The molecule has 2 rings (SSSR count). The van der Waals surface area contributed by atoms with Gasteiger partial charge in [-0.3, -0.25) is 0 Å². The summed E-state index contributed by atoms with van der Waals surface area (Å²) in [6.45, 7) is 2.42. The van der Waals surface area contributed by atoms with Crippen molar-refractivity contribution in [1.29, 1.82) is 0 Å². The van der Waals surface area contributed by atoms with Crippen LogP contribution in [0.3, 0.4) is 0 Å². The lowest BCUT2D eigenvalue weighted by Gasteiger charge is -2.16. The van der Waals surface area contributed by atoms with E-state index in [9.17, 15) is 9.59 Å². The number of carboxylic acids is 1. The molecule has 0 saturated heterocycles. The molecule has 2 N–H and O–H groups in total. The molecule has 6 nitrogen and oxygen atoms in total. The number of nitrogens with one attached hydrogen (secondary N) is 1. The Balaban J connectivity index is 1.88. The molecule has 0 saturated carbocycles. The average Bonchev–Trinajstić information content (AvgIpc) is 3.05. The number of aromatic carboxylic acids is 1. The van der Waals surface area contributed by atoms with E-state index in [-0.39, 0.29) is 17.5 Å². The van der Waals surface area contributed by atoms with Gasteiger partial charge in [-0.1, -0.05) is 6.07 Å². The van der Waals surface area contributed by atoms with Gasteiger partial charge < -0.3 is 15.3 Å². The topological polar surface area (TPSA) is 82.5 Å². The Morgan fingerprint density at radius 3 is 2.81 bits per heavy atom. The Bertz CT molecular complexity index is 637.